The van der Waals surface area contributed by atoms with Crippen LogP contribution in [0.15, 0.2) is 49.1 Å². The number of anilines is 1. The number of amides is 1. The van der Waals surface area contributed by atoms with Crippen molar-refractivity contribution in [1.29, 1.82) is 0 Å². The van der Waals surface area contributed by atoms with Gasteiger partial charge >= 0.3 is 5.97 Å². The quantitative estimate of drug-likeness (QED) is 0.761. The molecule has 2 aromatic heterocycles. The van der Waals surface area contributed by atoms with E-state index >= 15 is 0 Å². The number of aromatic nitrogens is 3. The van der Waals surface area contributed by atoms with E-state index in [4.69, 9.17) is 5.11 Å². The monoisotopic (exact) mass is 282 g/mol. The number of hydrogen-bond acceptors (Lipinski definition) is 4. The van der Waals surface area contributed by atoms with Gasteiger partial charge in [0.05, 0.1) is 29.0 Å². The molecule has 0 bridgehead atoms. The van der Waals surface area contributed by atoms with Gasteiger partial charge in [0.1, 0.15) is 0 Å². The summed E-state index contributed by atoms with van der Waals surface area (Å²) in [4.78, 5) is 26.9. The largest absolute Gasteiger partial charge is 0.478 e. The molecule has 3 rings (SSSR count). The molecule has 0 aliphatic rings. The molecule has 0 saturated carbocycles. The lowest BCUT2D eigenvalue weighted by Gasteiger charge is -2.04. The number of benzene rings is 1. The van der Waals surface area contributed by atoms with Crippen LogP contribution in [-0.4, -0.2) is 31.6 Å². The van der Waals surface area contributed by atoms with Crippen LogP contribution in [0.3, 0.4) is 0 Å². The number of carboxylic acids is 1. The van der Waals surface area contributed by atoms with Crippen LogP contribution in [-0.2, 0) is 0 Å². The average Bonchev–Trinajstić information content (AvgIpc) is 2.92. The van der Waals surface area contributed by atoms with Crippen molar-refractivity contribution in [3.63, 3.8) is 0 Å². The van der Waals surface area contributed by atoms with Crippen molar-refractivity contribution in [3.8, 4) is 0 Å². The Hall–Kier alpha value is -3.22. The maximum absolute atomic E-state index is 12.2. The Labute approximate surface area is 118 Å². The molecule has 21 heavy (non-hydrogen) atoms. The Kier molecular flexibility index (Phi) is 3.07. The van der Waals surface area contributed by atoms with Gasteiger partial charge in [-0.3, -0.25) is 9.78 Å². The first-order valence-electron chi connectivity index (χ1n) is 6.07. The fourth-order valence-electron chi connectivity index (χ4n) is 1.90. The topological polar surface area (TPSA) is 96.6 Å². The minimum absolute atomic E-state index is 0.160. The van der Waals surface area contributed by atoms with E-state index in [0.717, 1.165) is 0 Å². The van der Waals surface area contributed by atoms with Gasteiger partial charge in [-0.15, -0.1) is 0 Å². The second-order valence-electron chi connectivity index (χ2n) is 4.30. The van der Waals surface area contributed by atoms with Crippen LogP contribution in [0.1, 0.15) is 20.7 Å². The van der Waals surface area contributed by atoms with Crippen LogP contribution in [0.25, 0.3) is 5.52 Å². The van der Waals surface area contributed by atoms with E-state index in [2.05, 4.69) is 15.4 Å². The highest BCUT2D eigenvalue weighted by atomic mass is 16.4. The summed E-state index contributed by atoms with van der Waals surface area (Å²) in [5, 5.41) is 15.6. The predicted octanol–water partition coefficient (Wildman–Crippen LogP) is 1.68. The van der Waals surface area contributed by atoms with Crippen molar-refractivity contribution in [3.05, 3.63) is 60.2 Å². The van der Waals surface area contributed by atoms with E-state index in [1.54, 1.807) is 23.1 Å². The molecular formula is C14H10N4O3. The van der Waals surface area contributed by atoms with Gasteiger partial charge in [-0.1, -0.05) is 0 Å². The van der Waals surface area contributed by atoms with Gasteiger partial charge in [0, 0.05) is 18.1 Å². The summed E-state index contributed by atoms with van der Waals surface area (Å²) in [5.41, 5.74) is 1.66. The van der Waals surface area contributed by atoms with Crippen LogP contribution >= 0.6 is 0 Å². The normalized spacial score (nSPS) is 10.5. The molecule has 1 aromatic carbocycles. The Morgan fingerprint density at radius 3 is 2.62 bits per heavy atom. The first kappa shape index (κ1) is 12.8. The number of carbonyl (C=O) groups is 2. The van der Waals surface area contributed by atoms with E-state index in [-0.39, 0.29) is 11.5 Å². The van der Waals surface area contributed by atoms with Crippen LogP contribution in [0.2, 0.25) is 0 Å². The lowest BCUT2D eigenvalue weighted by atomic mass is 10.2. The Bertz CT molecular complexity index is 824. The number of aromatic carboxylic acids is 1. The van der Waals surface area contributed by atoms with Crippen LogP contribution in [0, 0.1) is 0 Å². The molecule has 0 aliphatic carbocycles. The van der Waals surface area contributed by atoms with Gasteiger partial charge in [-0.05, 0) is 24.3 Å². The van der Waals surface area contributed by atoms with Crippen molar-refractivity contribution < 1.29 is 14.7 Å². The highest BCUT2D eigenvalue weighted by Gasteiger charge is 2.13. The molecule has 0 saturated heterocycles. The molecule has 2 heterocycles. The molecule has 0 radical (unpaired) electrons. The number of nitrogens with zero attached hydrogens (tertiary/aromatic N) is 3. The van der Waals surface area contributed by atoms with E-state index < -0.39 is 5.97 Å². The van der Waals surface area contributed by atoms with Gasteiger partial charge in [-0.25, -0.2) is 9.31 Å². The number of fused-ring (bicyclic) bond motifs is 1. The summed E-state index contributed by atoms with van der Waals surface area (Å²) in [6.07, 6.45) is 6.23. The Morgan fingerprint density at radius 1 is 1.14 bits per heavy atom. The smallest absolute Gasteiger partial charge is 0.335 e. The zero-order valence-corrected chi connectivity index (χ0v) is 10.7. The number of carbonyl (C=O) groups excluding carboxylic acids is 1. The van der Waals surface area contributed by atoms with Crippen molar-refractivity contribution in [1.82, 2.24) is 14.6 Å². The minimum atomic E-state index is -1.01. The average molecular weight is 282 g/mol. The molecule has 7 nitrogen and oxygen atoms in total. The standard InChI is InChI=1S/C14H10N4O3/c19-13(11-7-16-18-6-5-15-8-12(11)18)17-10-3-1-9(2-4-10)14(20)21/h1-8H,(H,17,19)(H,20,21). The molecule has 1 amide bonds. The highest BCUT2D eigenvalue weighted by Crippen LogP contribution is 2.14. The maximum Gasteiger partial charge on any atom is 0.335 e. The molecule has 0 atom stereocenters. The molecule has 0 spiro atoms. The van der Waals surface area contributed by atoms with Crippen LogP contribution < -0.4 is 5.32 Å². The first-order valence-corrected chi connectivity index (χ1v) is 6.07. The van der Waals surface area contributed by atoms with E-state index in [1.807, 2.05) is 0 Å². The predicted molar refractivity (Wildman–Crippen MR) is 74.3 cm³/mol. The van der Waals surface area contributed by atoms with Crippen molar-refractivity contribution >= 4 is 23.1 Å². The molecule has 104 valence electrons. The molecule has 2 N–H and O–H groups in total. The number of rotatable bonds is 3. The lowest BCUT2D eigenvalue weighted by Crippen LogP contribution is -2.11. The van der Waals surface area contributed by atoms with Crippen molar-refractivity contribution in [2.24, 2.45) is 0 Å². The first-order chi connectivity index (χ1) is 10.1. The molecule has 3 aromatic rings. The number of carboxylic acid groups (broad SMARTS) is 1. The number of hydrogen-bond donors (Lipinski definition) is 2. The van der Waals surface area contributed by atoms with E-state index in [0.29, 0.717) is 16.8 Å². The maximum atomic E-state index is 12.2. The van der Waals surface area contributed by atoms with Crippen molar-refractivity contribution in [2.45, 2.75) is 0 Å². The summed E-state index contributed by atoms with van der Waals surface area (Å²) in [7, 11) is 0. The highest BCUT2D eigenvalue weighted by molar-refractivity contribution is 6.08. The van der Waals surface area contributed by atoms with Gasteiger partial charge in [-0.2, -0.15) is 5.10 Å². The summed E-state index contributed by atoms with van der Waals surface area (Å²) in [6.45, 7) is 0. The molecule has 7 heteroatoms. The third kappa shape index (κ3) is 2.44. The Morgan fingerprint density at radius 2 is 1.90 bits per heavy atom. The second-order valence-corrected chi connectivity index (χ2v) is 4.30. The molecular weight excluding hydrogens is 272 g/mol. The minimum Gasteiger partial charge on any atom is -0.478 e. The Balaban J connectivity index is 1.84. The molecule has 0 fully saturated rings. The summed E-state index contributed by atoms with van der Waals surface area (Å²) < 4.78 is 1.55. The number of nitrogens with one attached hydrogen (secondary N) is 1. The molecule has 0 unspecified atom stereocenters. The lowest BCUT2D eigenvalue weighted by molar-refractivity contribution is 0.0696. The van der Waals surface area contributed by atoms with Crippen molar-refractivity contribution in [2.75, 3.05) is 5.32 Å². The third-order valence-corrected chi connectivity index (χ3v) is 2.96. The second kappa shape index (κ2) is 5.04. The zero-order chi connectivity index (χ0) is 14.8. The summed E-state index contributed by atoms with van der Waals surface area (Å²) in [6, 6.07) is 5.92. The zero-order valence-electron chi connectivity index (χ0n) is 10.7. The van der Waals surface area contributed by atoms with E-state index in [1.165, 1.54) is 30.5 Å². The summed E-state index contributed by atoms with van der Waals surface area (Å²) >= 11 is 0. The van der Waals surface area contributed by atoms with Gasteiger partial charge in [0.2, 0.25) is 0 Å². The van der Waals surface area contributed by atoms with Crippen LogP contribution in [0.5, 0.6) is 0 Å². The van der Waals surface area contributed by atoms with Crippen LogP contribution in [0.4, 0.5) is 5.69 Å². The van der Waals surface area contributed by atoms with E-state index in [9.17, 15) is 9.59 Å². The van der Waals surface area contributed by atoms with Gasteiger partial charge in [0.25, 0.3) is 5.91 Å². The van der Waals surface area contributed by atoms with Gasteiger partial charge < -0.3 is 10.4 Å². The fourth-order valence-corrected chi connectivity index (χ4v) is 1.90. The fraction of sp³-hybridized carbons (Fsp3) is 0. The SMILES string of the molecule is O=C(O)c1ccc(NC(=O)c2cnn3ccncc23)cc1. The van der Waals surface area contributed by atoms with Gasteiger partial charge in [0.15, 0.2) is 0 Å². The summed E-state index contributed by atoms with van der Waals surface area (Å²) in [5.74, 6) is -1.34. The third-order valence-electron chi connectivity index (χ3n) is 2.96. The molecule has 0 aliphatic heterocycles.